The molecule has 18 heavy (non-hydrogen) atoms. The molecule has 0 aromatic carbocycles. The number of rotatable bonds is 3. The number of hydrogen-bond acceptors (Lipinski definition) is 4. The van der Waals surface area contributed by atoms with Crippen molar-refractivity contribution in [2.75, 3.05) is 11.2 Å². The van der Waals surface area contributed by atoms with E-state index in [1.807, 2.05) is 17.5 Å². The van der Waals surface area contributed by atoms with Gasteiger partial charge in [-0.2, -0.15) is 0 Å². The molecule has 1 aliphatic rings. The van der Waals surface area contributed by atoms with E-state index < -0.39 is 0 Å². The molecule has 2 atom stereocenters. The predicted octanol–water partition coefficient (Wildman–Crippen LogP) is 2.25. The average Bonchev–Trinajstić information content (AvgIpc) is 2.98. The van der Waals surface area contributed by atoms with E-state index in [1.54, 1.807) is 6.20 Å². The van der Waals surface area contributed by atoms with Gasteiger partial charge in [0.25, 0.3) is 0 Å². The van der Waals surface area contributed by atoms with E-state index in [2.05, 4.69) is 20.5 Å². The first-order chi connectivity index (χ1) is 8.79. The van der Waals surface area contributed by atoms with E-state index >= 15 is 0 Å². The van der Waals surface area contributed by atoms with Crippen molar-refractivity contribution >= 4 is 23.1 Å². The van der Waals surface area contributed by atoms with Crippen LogP contribution in [0.3, 0.4) is 0 Å². The maximum absolute atomic E-state index is 6.00. The van der Waals surface area contributed by atoms with Gasteiger partial charge in [0.05, 0.1) is 0 Å². The average molecular weight is 266 g/mol. The molecule has 1 saturated carbocycles. The largest absolute Gasteiger partial charge is 0.364 e. The Labute approximate surface area is 111 Å². The topological polar surface area (TPSA) is 55.1 Å². The molecule has 1 fully saturated rings. The van der Waals surface area contributed by atoms with Crippen molar-refractivity contribution in [3.8, 4) is 0 Å². The van der Waals surface area contributed by atoms with Crippen LogP contribution in [0.5, 0.6) is 0 Å². The van der Waals surface area contributed by atoms with Crippen LogP contribution >= 0.6 is 11.6 Å². The molecule has 0 saturated heterocycles. The number of nitrogens with zero attached hydrogens (tertiary/aromatic N) is 4. The molecule has 0 bridgehead atoms. The van der Waals surface area contributed by atoms with Crippen molar-refractivity contribution in [3.63, 3.8) is 0 Å². The van der Waals surface area contributed by atoms with Crippen LogP contribution in [-0.4, -0.2) is 31.5 Å². The predicted molar refractivity (Wildman–Crippen MR) is 71.0 cm³/mol. The maximum atomic E-state index is 6.00. The van der Waals surface area contributed by atoms with Crippen molar-refractivity contribution < 1.29 is 0 Å². The first kappa shape index (κ1) is 11.7. The standard InChI is InChI=1S/C12H16ClN5/c1-8-16-17-12-11(14-5-6-18(8)12)15-10-4-2-3-9(10)7-13/h5-6,9-10H,2-4,7H2,1H3,(H,14,15). The van der Waals surface area contributed by atoms with Crippen molar-refractivity contribution in [2.45, 2.75) is 32.2 Å². The van der Waals surface area contributed by atoms with E-state index in [0.717, 1.165) is 23.7 Å². The number of hydrogen-bond donors (Lipinski definition) is 1. The maximum Gasteiger partial charge on any atom is 0.203 e. The lowest BCUT2D eigenvalue weighted by Crippen LogP contribution is -2.25. The highest BCUT2D eigenvalue weighted by atomic mass is 35.5. The van der Waals surface area contributed by atoms with Crippen molar-refractivity contribution in [1.29, 1.82) is 0 Å². The lowest BCUT2D eigenvalue weighted by Gasteiger charge is -2.19. The number of nitrogens with one attached hydrogen (secondary N) is 1. The fourth-order valence-electron chi connectivity index (χ4n) is 2.63. The van der Waals surface area contributed by atoms with Gasteiger partial charge >= 0.3 is 0 Å². The number of aromatic nitrogens is 4. The molecule has 0 aliphatic heterocycles. The quantitative estimate of drug-likeness (QED) is 0.865. The van der Waals surface area contributed by atoms with Gasteiger partial charge in [0, 0.05) is 24.3 Å². The highest BCUT2D eigenvalue weighted by Gasteiger charge is 2.27. The van der Waals surface area contributed by atoms with Crippen molar-refractivity contribution in [3.05, 3.63) is 18.2 Å². The molecule has 2 unspecified atom stereocenters. The minimum Gasteiger partial charge on any atom is -0.364 e. The number of halogens is 1. The van der Waals surface area contributed by atoms with Crippen LogP contribution in [-0.2, 0) is 0 Å². The number of alkyl halides is 1. The number of anilines is 1. The number of aryl methyl sites for hydroxylation is 1. The van der Waals surface area contributed by atoms with Gasteiger partial charge in [0.1, 0.15) is 5.82 Å². The van der Waals surface area contributed by atoms with Gasteiger partial charge in [-0.25, -0.2) is 4.98 Å². The van der Waals surface area contributed by atoms with Crippen molar-refractivity contribution in [1.82, 2.24) is 19.6 Å². The van der Waals surface area contributed by atoms with E-state index in [4.69, 9.17) is 11.6 Å². The summed E-state index contributed by atoms with van der Waals surface area (Å²) < 4.78 is 1.94. The monoisotopic (exact) mass is 265 g/mol. The third kappa shape index (κ3) is 1.92. The Balaban J connectivity index is 1.90. The molecule has 3 rings (SSSR count). The lowest BCUT2D eigenvalue weighted by molar-refractivity contribution is 0.561. The van der Waals surface area contributed by atoms with Crippen LogP contribution in [0.4, 0.5) is 5.82 Å². The van der Waals surface area contributed by atoms with Crippen molar-refractivity contribution in [2.24, 2.45) is 5.92 Å². The Hall–Kier alpha value is -1.36. The normalized spacial score (nSPS) is 23.7. The van der Waals surface area contributed by atoms with Gasteiger partial charge in [0.15, 0.2) is 5.82 Å². The third-order valence-electron chi connectivity index (χ3n) is 3.68. The molecule has 0 spiro atoms. The molecule has 96 valence electrons. The second-order valence-electron chi connectivity index (χ2n) is 4.81. The first-order valence-corrected chi connectivity index (χ1v) is 6.82. The van der Waals surface area contributed by atoms with Gasteiger partial charge in [-0.1, -0.05) is 6.42 Å². The molecule has 2 heterocycles. The van der Waals surface area contributed by atoms with Gasteiger partial charge in [-0.05, 0) is 25.7 Å². The minimum absolute atomic E-state index is 0.401. The lowest BCUT2D eigenvalue weighted by atomic mass is 10.1. The van der Waals surface area contributed by atoms with Crippen LogP contribution in [0.1, 0.15) is 25.1 Å². The summed E-state index contributed by atoms with van der Waals surface area (Å²) in [5, 5.41) is 11.7. The molecule has 0 radical (unpaired) electrons. The fourth-order valence-corrected chi connectivity index (χ4v) is 3.00. The number of fused-ring (bicyclic) bond motifs is 1. The Morgan fingerprint density at radius 1 is 1.44 bits per heavy atom. The molecular weight excluding hydrogens is 250 g/mol. The van der Waals surface area contributed by atoms with Crippen LogP contribution in [0.2, 0.25) is 0 Å². The molecule has 2 aromatic heterocycles. The highest BCUT2D eigenvalue weighted by Crippen LogP contribution is 2.29. The molecule has 1 aliphatic carbocycles. The SMILES string of the molecule is Cc1nnc2c(NC3CCCC3CCl)nccn12. The summed E-state index contributed by atoms with van der Waals surface area (Å²) in [7, 11) is 0. The Kier molecular flexibility index (Phi) is 3.07. The molecule has 6 heteroatoms. The third-order valence-corrected chi connectivity index (χ3v) is 4.07. The van der Waals surface area contributed by atoms with Crippen LogP contribution in [0.15, 0.2) is 12.4 Å². The summed E-state index contributed by atoms with van der Waals surface area (Å²) in [6.07, 6.45) is 7.22. The minimum atomic E-state index is 0.401. The summed E-state index contributed by atoms with van der Waals surface area (Å²) in [6.45, 7) is 1.93. The first-order valence-electron chi connectivity index (χ1n) is 6.28. The molecule has 5 nitrogen and oxygen atoms in total. The van der Waals surface area contributed by atoms with E-state index in [-0.39, 0.29) is 0 Å². The van der Waals surface area contributed by atoms with Gasteiger partial charge in [-0.3, -0.25) is 4.40 Å². The summed E-state index contributed by atoms with van der Waals surface area (Å²) in [4.78, 5) is 4.37. The Bertz CT molecular complexity index is 552. The van der Waals surface area contributed by atoms with Crippen LogP contribution < -0.4 is 5.32 Å². The zero-order chi connectivity index (χ0) is 12.5. The zero-order valence-corrected chi connectivity index (χ0v) is 11.1. The van der Waals surface area contributed by atoms with Gasteiger partial charge in [0.2, 0.25) is 5.65 Å². The molecule has 1 N–H and O–H groups in total. The van der Waals surface area contributed by atoms with E-state index in [9.17, 15) is 0 Å². The van der Waals surface area contributed by atoms with Crippen LogP contribution in [0.25, 0.3) is 5.65 Å². The fraction of sp³-hybridized carbons (Fsp3) is 0.583. The van der Waals surface area contributed by atoms with Gasteiger partial charge in [-0.15, -0.1) is 21.8 Å². The second-order valence-corrected chi connectivity index (χ2v) is 5.12. The molecular formula is C12H16ClN5. The Morgan fingerprint density at radius 2 is 2.33 bits per heavy atom. The summed E-state index contributed by atoms with van der Waals surface area (Å²) in [5.41, 5.74) is 0.787. The van der Waals surface area contributed by atoms with E-state index in [1.165, 1.54) is 12.8 Å². The smallest absolute Gasteiger partial charge is 0.203 e. The summed E-state index contributed by atoms with van der Waals surface area (Å²) >= 11 is 6.00. The second kappa shape index (κ2) is 4.72. The molecule has 0 amide bonds. The van der Waals surface area contributed by atoms with Gasteiger partial charge < -0.3 is 5.32 Å². The molecule has 2 aromatic rings. The van der Waals surface area contributed by atoms with E-state index in [0.29, 0.717) is 17.8 Å². The highest BCUT2D eigenvalue weighted by molar-refractivity contribution is 6.18. The zero-order valence-electron chi connectivity index (χ0n) is 10.3. The Morgan fingerprint density at radius 3 is 3.17 bits per heavy atom. The summed E-state index contributed by atoms with van der Waals surface area (Å²) in [6, 6.07) is 0.401. The summed E-state index contributed by atoms with van der Waals surface area (Å²) in [5.74, 6) is 2.90. The van der Waals surface area contributed by atoms with Crippen LogP contribution in [0, 0.1) is 12.8 Å².